The molecule has 0 unspecified atom stereocenters. The van der Waals surface area contributed by atoms with Crippen molar-refractivity contribution >= 4 is 28.7 Å². The molecule has 0 aliphatic carbocycles. The van der Waals surface area contributed by atoms with Crippen molar-refractivity contribution in [2.24, 2.45) is 0 Å². The molecule has 0 spiro atoms. The van der Waals surface area contributed by atoms with Crippen molar-refractivity contribution in [3.8, 4) is 0 Å². The largest absolute Gasteiger partial charge is 0.395 e. The molecule has 0 amide bonds. The van der Waals surface area contributed by atoms with Crippen molar-refractivity contribution in [1.29, 1.82) is 0 Å². The quantitative estimate of drug-likeness (QED) is 0.817. The molecule has 0 aromatic carbocycles. The zero-order chi connectivity index (χ0) is 13.4. The highest BCUT2D eigenvalue weighted by atomic mass is 32.2. The Kier molecular flexibility index (Phi) is 3.16. The van der Waals surface area contributed by atoms with E-state index in [1.54, 1.807) is 18.1 Å². The van der Waals surface area contributed by atoms with Crippen molar-refractivity contribution in [3.05, 3.63) is 24.8 Å². The van der Waals surface area contributed by atoms with Crippen LogP contribution in [-0.4, -0.2) is 49.3 Å². The van der Waals surface area contributed by atoms with E-state index >= 15 is 0 Å². The Morgan fingerprint density at radius 2 is 2.37 bits per heavy atom. The minimum Gasteiger partial charge on any atom is -0.395 e. The van der Waals surface area contributed by atoms with Crippen molar-refractivity contribution in [3.63, 3.8) is 0 Å². The smallest absolute Gasteiger partial charge is 0.166 e. The molecule has 0 bridgehead atoms. The minimum absolute atomic E-state index is 0.105. The van der Waals surface area contributed by atoms with Crippen molar-refractivity contribution < 1.29 is 5.11 Å². The zero-order valence-electron chi connectivity index (χ0n) is 10.6. The first-order chi connectivity index (χ1) is 9.26. The first-order valence-electron chi connectivity index (χ1n) is 6.02. The Bertz CT molecular complexity index is 626. The van der Waals surface area contributed by atoms with Crippen LogP contribution in [0.1, 0.15) is 6.04 Å². The molecule has 2 aromatic rings. The second kappa shape index (κ2) is 4.82. The number of anilines is 1. The lowest BCUT2D eigenvalue weighted by atomic mass is 10.1. The van der Waals surface area contributed by atoms with Gasteiger partial charge in [-0.25, -0.2) is 15.0 Å². The minimum atomic E-state index is 0.105. The van der Waals surface area contributed by atoms with Crippen LogP contribution in [0.25, 0.3) is 11.2 Å². The molecule has 1 fully saturated rings. The molecule has 0 radical (unpaired) electrons. The normalized spacial score (nSPS) is 23.2. The molecule has 1 aliphatic rings. The molecule has 6 nitrogen and oxygen atoms in total. The van der Waals surface area contributed by atoms with E-state index in [0.717, 1.165) is 28.3 Å². The van der Waals surface area contributed by atoms with E-state index in [2.05, 4.69) is 26.8 Å². The first kappa shape index (κ1) is 12.4. The van der Waals surface area contributed by atoms with Gasteiger partial charge >= 0.3 is 0 Å². The highest BCUT2D eigenvalue weighted by Crippen LogP contribution is 2.39. The number of thioether (sulfide) groups is 1. The number of rotatable bonds is 3. The first-order valence-corrected chi connectivity index (χ1v) is 7.07. The Labute approximate surface area is 115 Å². The molecular formula is C12H15N5OS. The number of nitrogens with one attached hydrogen (secondary N) is 1. The number of aliphatic hydroxyl groups is 1. The molecule has 1 saturated heterocycles. The third-order valence-electron chi connectivity index (χ3n) is 3.39. The maximum Gasteiger partial charge on any atom is 0.166 e. The van der Waals surface area contributed by atoms with Crippen LogP contribution in [-0.2, 0) is 0 Å². The Hall–Kier alpha value is -1.60. The second-order valence-electron chi connectivity index (χ2n) is 4.39. The predicted molar refractivity (Wildman–Crippen MR) is 76.4 cm³/mol. The molecule has 3 heterocycles. The number of aromatic nitrogens is 4. The number of hydrogen-bond acceptors (Lipinski definition) is 6. The van der Waals surface area contributed by atoms with Crippen LogP contribution in [0.15, 0.2) is 24.8 Å². The van der Waals surface area contributed by atoms with Gasteiger partial charge in [0, 0.05) is 12.8 Å². The number of imidazole rings is 1. The standard InChI is InChI=1S/C12H15N5OS/c1-7-8(4-19-9(7)3-18)17-6-16-10-11(13-2)14-5-15-12(10)17/h5-6,8-9,18H,1,3-4H2,2H3,(H,13,14,15)/t8-,9+/m1/s1. The number of fused-ring (bicyclic) bond motifs is 1. The molecule has 0 saturated carbocycles. The van der Waals surface area contributed by atoms with E-state index in [-0.39, 0.29) is 17.9 Å². The third-order valence-corrected chi connectivity index (χ3v) is 4.76. The Balaban J connectivity index is 2.05. The van der Waals surface area contributed by atoms with Crippen molar-refractivity contribution in [1.82, 2.24) is 19.5 Å². The monoisotopic (exact) mass is 277 g/mol. The molecule has 100 valence electrons. The maximum absolute atomic E-state index is 9.31. The molecule has 19 heavy (non-hydrogen) atoms. The summed E-state index contributed by atoms with van der Waals surface area (Å²) in [6.45, 7) is 4.23. The lowest BCUT2D eigenvalue weighted by Crippen LogP contribution is -2.14. The summed E-state index contributed by atoms with van der Waals surface area (Å²) < 4.78 is 2.02. The van der Waals surface area contributed by atoms with Crippen LogP contribution in [0.2, 0.25) is 0 Å². The van der Waals surface area contributed by atoms with Crippen LogP contribution in [0.3, 0.4) is 0 Å². The maximum atomic E-state index is 9.31. The van der Waals surface area contributed by atoms with Crippen LogP contribution in [0.5, 0.6) is 0 Å². The molecule has 7 heteroatoms. The highest BCUT2D eigenvalue weighted by Gasteiger charge is 2.31. The van der Waals surface area contributed by atoms with Gasteiger partial charge in [-0.1, -0.05) is 6.58 Å². The van der Waals surface area contributed by atoms with Gasteiger partial charge in [-0.2, -0.15) is 0 Å². The second-order valence-corrected chi connectivity index (χ2v) is 5.63. The molecule has 2 atom stereocenters. The van der Waals surface area contributed by atoms with Gasteiger partial charge in [-0.3, -0.25) is 0 Å². The average molecular weight is 277 g/mol. The van der Waals surface area contributed by atoms with E-state index in [4.69, 9.17) is 0 Å². The Morgan fingerprint density at radius 1 is 1.53 bits per heavy atom. The summed E-state index contributed by atoms with van der Waals surface area (Å²) in [5.74, 6) is 1.60. The summed E-state index contributed by atoms with van der Waals surface area (Å²) >= 11 is 1.72. The lowest BCUT2D eigenvalue weighted by Gasteiger charge is -2.14. The van der Waals surface area contributed by atoms with Gasteiger partial charge in [-0.15, -0.1) is 11.8 Å². The van der Waals surface area contributed by atoms with Gasteiger partial charge in [0.1, 0.15) is 11.8 Å². The SMILES string of the molecule is C=C1[C@H](CO)SC[C@H]1n1cnc2c(NC)ncnc21. The van der Waals surface area contributed by atoms with E-state index < -0.39 is 0 Å². The van der Waals surface area contributed by atoms with Gasteiger partial charge in [-0.05, 0) is 5.57 Å². The summed E-state index contributed by atoms with van der Waals surface area (Å²) in [6, 6.07) is 0.131. The van der Waals surface area contributed by atoms with Crippen molar-refractivity contribution in [2.75, 3.05) is 24.7 Å². The van der Waals surface area contributed by atoms with Gasteiger partial charge in [0.05, 0.1) is 24.2 Å². The van der Waals surface area contributed by atoms with Crippen LogP contribution in [0, 0.1) is 0 Å². The van der Waals surface area contributed by atoms with Crippen molar-refractivity contribution in [2.45, 2.75) is 11.3 Å². The zero-order valence-corrected chi connectivity index (χ0v) is 11.4. The highest BCUT2D eigenvalue weighted by molar-refractivity contribution is 8.00. The van der Waals surface area contributed by atoms with E-state index in [1.807, 2.05) is 11.6 Å². The van der Waals surface area contributed by atoms with Crippen LogP contribution < -0.4 is 5.32 Å². The summed E-state index contributed by atoms with van der Waals surface area (Å²) in [5, 5.41) is 12.4. The Morgan fingerprint density at radius 3 is 3.05 bits per heavy atom. The molecule has 2 N–H and O–H groups in total. The molecule has 2 aromatic heterocycles. The third kappa shape index (κ3) is 1.89. The number of aliphatic hydroxyl groups excluding tert-OH is 1. The molecule has 3 rings (SSSR count). The summed E-state index contributed by atoms with van der Waals surface area (Å²) in [7, 11) is 1.81. The predicted octanol–water partition coefficient (Wildman–Crippen LogP) is 1.07. The fraction of sp³-hybridized carbons (Fsp3) is 0.417. The summed E-state index contributed by atoms with van der Waals surface area (Å²) in [5.41, 5.74) is 2.58. The van der Waals surface area contributed by atoms with E-state index in [1.165, 1.54) is 6.33 Å². The van der Waals surface area contributed by atoms with Gasteiger partial charge in [0.2, 0.25) is 0 Å². The summed E-state index contributed by atoms with van der Waals surface area (Å²) in [6.07, 6.45) is 3.30. The topological polar surface area (TPSA) is 75.9 Å². The fourth-order valence-corrected chi connectivity index (χ4v) is 3.59. The van der Waals surface area contributed by atoms with E-state index in [9.17, 15) is 5.11 Å². The van der Waals surface area contributed by atoms with Gasteiger partial charge in [0.15, 0.2) is 11.5 Å². The van der Waals surface area contributed by atoms with Crippen LogP contribution >= 0.6 is 11.8 Å². The average Bonchev–Trinajstić information content (AvgIpc) is 3.01. The lowest BCUT2D eigenvalue weighted by molar-refractivity contribution is 0.302. The van der Waals surface area contributed by atoms with Crippen LogP contribution in [0.4, 0.5) is 5.82 Å². The number of hydrogen-bond donors (Lipinski definition) is 2. The molecular weight excluding hydrogens is 262 g/mol. The van der Waals surface area contributed by atoms with Gasteiger partial charge in [0.25, 0.3) is 0 Å². The number of nitrogens with zero attached hydrogens (tertiary/aromatic N) is 4. The molecule has 1 aliphatic heterocycles. The fourth-order valence-electron chi connectivity index (χ4n) is 2.33. The van der Waals surface area contributed by atoms with Gasteiger partial charge < -0.3 is 15.0 Å². The summed E-state index contributed by atoms with van der Waals surface area (Å²) in [4.78, 5) is 12.8. The van der Waals surface area contributed by atoms with E-state index in [0.29, 0.717) is 0 Å².